The number of nitrogens with zero attached hydrogens (tertiary/aromatic N) is 3. The lowest BCUT2D eigenvalue weighted by Gasteiger charge is -2.34. The maximum Gasteiger partial charge on any atom is 0.185 e. The van der Waals surface area contributed by atoms with Gasteiger partial charge in [0, 0.05) is 38.1 Å². The van der Waals surface area contributed by atoms with E-state index in [1.165, 1.54) is 0 Å². The van der Waals surface area contributed by atoms with Gasteiger partial charge in [-0.05, 0) is 19.1 Å². The molecule has 112 valence electrons. The molecule has 0 atom stereocenters. The Balaban J connectivity index is 1.40. The van der Waals surface area contributed by atoms with E-state index in [0.717, 1.165) is 55.9 Å². The molecule has 0 saturated carbocycles. The smallest absolute Gasteiger partial charge is 0.185 e. The molecule has 2 heterocycles. The van der Waals surface area contributed by atoms with Gasteiger partial charge >= 0.3 is 0 Å². The van der Waals surface area contributed by atoms with Gasteiger partial charge in [0.2, 0.25) is 0 Å². The molecule has 1 aromatic heterocycles. The number of benzene rings is 1. The summed E-state index contributed by atoms with van der Waals surface area (Å²) in [4.78, 5) is 9.40. The molecule has 3 rings (SSSR count). The fourth-order valence-corrected chi connectivity index (χ4v) is 3.32. The third kappa shape index (κ3) is 3.95. The van der Waals surface area contributed by atoms with E-state index in [0.29, 0.717) is 0 Å². The van der Waals surface area contributed by atoms with Gasteiger partial charge in [-0.3, -0.25) is 4.90 Å². The zero-order valence-electron chi connectivity index (χ0n) is 12.4. The summed E-state index contributed by atoms with van der Waals surface area (Å²) in [7, 11) is 0. The summed E-state index contributed by atoms with van der Waals surface area (Å²) in [6.45, 7) is 8.06. The highest BCUT2D eigenvalue weighted by Crippen LogP contribution is 2.21. The van der Waals surface area contributed by atoms with Gasteiger partial charge in [0.25, 0.3) is 0 Å². The molecule has 21 heavy (non-hydrogen) atoms. The number of piperazine rings is 1. The highest BCUT2D eigenvalue weighted by Gasteiger charge is 2.18. The Labute approximate surface area is 130 Å². The zero-order valence-corrected chi connectivity index (χ0v) is 13.2. The summed E-state index contributed by atoms with van der Waals surface area (Å²) in [5, 5.41) is 3.28. The lowest BCUT2D eigenvalue weighted by atomic mass is 10.3. The van der Waals surface area contributed by atoms with Gasteiger partial charge in [0.15, 0.2) is 5.13 Å². The first kappa shape index (κ1) is 14.4. The SMILES string of the molecule is Cc1csc(N2CCN(CCOc3ccccc3)CC2)n1. The molecule has 0 amide bonds. The molecule has 0 N–H and O–H groups in total. The summed E-state index contributed by atoms with van der Waals surface area (Å²) in [6, 6.07) is 10.0. The monoisotopic (exact) mass is 303 g/mol. The summed E-state index contributed by atoms with van der Waals surface area (Å²) in [6.07, 6.45) is 0. The Bertz CT molecular complexity index is 550. The van der Waals surface area contributed by atoms with Crippen LogP contribution in [0.3, 0.4) is 0 Å². The zero-order chi connectivity index (χ0) is 14.5. The van der Waals surface area contributed by atoms with Crippen LogP contribution in [0.25, 0.3) is 0 Å². The molecule has 1 saturated heterocycles. The Hall–Kier alpha value is -1.59. The largest absolute Gasteiger partial charge is 0.492 e. The number of aryl methyl sites for hydroxylation is 1. The molecular weight excluding hydrogens is 282 g/mol. The van der Waals surface area contributed by atoms with Crippen LogP contribution in [0.15, 0.2) is 35.7 Å². The molecule has 1 aliphatic rings. The van der Waals surface area contributed by atoms with Gasteiger partial charge in [-0.25, -0.2) is 4.98 Å². The molecule has 4 nitrogen and oxygen atoms in total. The van der Waals surface area contributed by atoms with Crippen LogP contribution in [-0.2, 0) is 0 Å². The van der Waals surface area contributed by atoms with Crippen molar-refractivity contribution in [3.63, 3.8) is 0 Å². The van der Waals surface area contributed by atoms with Crippen LogP contribution in [0.2, 0.25) is 0 Å². The molecule has 0 radical (unpaired) electrons. The third-order valence-corrected chi connectivity index (χ3v) is 4.69. The van der Waals surface area contributed by atoms with E-state index in [-0.39, 0.29) is 0 Å². The van der Waals surface area contributed by atoms with Gasteiger partial charge in [-0.2, -0.15) is 0 Å². The third-order valence-electron chi connectivity index (χ3n) is 3.67. The fraction of sp³-hybridized carbons (Fsp3) is 0.438. The van der Waals surface area contributed by atoms with Crippen molar-refractivity contribution in [1.82, 2.24) is 9.88 Å². The van der Waals surface area contributed by atoms with Crippen molar-refractivity contribution in [3.8, 4) is 5.75 Å². The summed E-state index contributed by atoms with van der Waals surface area (Å²) < 4.78 is 5.76. The molecule has 5 heteroatoms. The molecule has 1 fully saturated rings. The summed E-state index contributed by atoms with van der Waals surface area (Å²) >= 11 is 1.74. The number of para-hydroxylation sites is 1. The Morgan fingerprint density at radius 1 is 1.14 bits per heavy atom. The van der Waals surface area contributed by atoms with Crippen LogP contribution in [0.5, 0.6) is 5.75 Å². The van der Waals surface area contributed by atoms with Gasteiger partial charge in [0.1, 0.15) is 12.4 Å². The van der Waals surface area contributed by atoms with Gasteiger partial charge in [-0.15, -0.1) is 11.3 Å². The van der Waals surface area contributed by atoms with Crippen molar-refractivity contribution in [2.75, 3.05) is 44.2 Å². The van der Waals surface area contributed by atoms with Gasteiger partial charge in [-0.1, -0.05) is 18.2 Å². The minimum atomic E-state index is 0.750. The lowest BCUT2D eigenvalue weighted by Crippen LogP contribution is -2.47. The summed E-state index contributed by atoms with van der Waals surface area (Å²) in [5.74, 6) is 0.953. The molecule has 2 aromatic rings. The number of hydrogen-bond donors (Lipinski definition) is 0. The van der Waals surface area contributed by atoms with Gasteiger partial charge < -0.3 is 9.64 Å². The first-order valence-corrected chi connectivity index (χ1v) is 8.26. The predicted molar refractivity (Wildman–Crippen MR) is 87.4 cm³/mol. The van der Waals surface area contributed by atoms with Crippen molar-refractivity contribution in [2.45, 2.75) is 6.92 Å². The van der Waals surface area contributed by atoms with Crippen molar-refractivity contribution >= 4 is 16.5 Å². The molecule has 0 bridgehead atoms. The van der Waals surface area contributed by atoms with Crippen LogP contribution in [-0.4, -0.2) is 49.2 Å². The van der Waals surface area contributed by atoms with E-state index in [9.17, 15) is 0 Å². The highest BCUT2D eigenvalue weighted by molar-refractivity contribution is 7.13. The number of ether oxygens (including phenoxy) is 1. The number of rotatable bonds is 5. The number of thiazole rings is 1. The van der Waals surface area contributed by atoms with Crippen molar-refractivity contribution in [2.24, 2.45) is 0 Å². The number of anilines is 1. The first-order chi connectivity index (χ1) is 10.3. The molecule has 0 spiro atoms. The van der Waals surface area contributed by atoms with E-state index in [4.69, 9.17) is 4.74 Å². The van der Waals surface area contributed by atoms with Crippen LogP contribution in [0, 0.1) is 6.92 Å². The van der Waals surface area contributed by atoms with Crippen LogP contribution < -0.4 is 9.64 Å². The Morgan fingerprint density at radius 2 is 1.90 bits per heavy atom. The topological polar surface area (TPSA) is 28.6 Å². The lowest BCUT2D eigenvalue weighted by molar-refractivity contribution is 0.200. The maximum atomic E-state index is 5.76. The minimum Gasteiger partial charge on any atom is -0.492 e. The van der Waals surface area contributed by atoms with Gasteiger partial charge in [0.05, 0.1) is 5.69 Å². The minimum absolute atomic E-state index is 0.750. The summed E-state index contributed by atoms with van der Waals surface area (Å²) in [5.41, 5.74) is 1.12. The van der Waals surface area contributed by atoms with Crippen molar-refractivity contribution in [3.05, 3.63) is 41.4 Å². The Morgan fingerprint density at radius 3 is 2.57 bits per heavy atom. The molecule has 0 aliphatic carbocycles. The first-order valence-electron chi connectivity index (χ1n) is 7.38. The average Bonchev–Trinajstić information content (AvgIpc) is 2.96. The standard InChI is InChI=1S/C16H21N3OS/c1-14-13-21-16(17-14)19-9-7-18(8-10-19)11-12-20-15-5-3-2-4-6-15/h2-6,13H,7-12H2,1H3. The van der Waals surface area contributed by atoms with E-state index in [2.05, 4.69) is 27.1 Å². The second kappa shape index (κ2) is 6.91. The van der Waals surface area contributed by atoms with Crippen molar-refractivity contribution in [1.29, 1.82) is 0 Å². The molecular formula is C16H21N3OS. The van der Waals surface area contributed by atoms with Crippen LogP contribution >= 0.6 is 11.3 Å². The maximum absolute atomic E-state index is 5.76. The molecule has 1 aromatic carbocycles. The second-order valence-electron chi connectivity index (χ2n) is 5.26. The van der Waals surface area contributed by atoms with Crippen LogP contribution in [0.4, 0.5) is 5.13 Å². The normalized spacial score (nSPS) is 16.1. The quantitative estimate of drug-likeness (QED) is 0.849. The highest BCUT2D eigenvalue weighted by atomic mass is 32.1. The van der Waals surface area contributed by atoms with Crippen LogP contribution in [0.1, 0.15) is 5.69 Å². The average molecular weight is 303 g/mol. The van der Waals surface area contributed by atoms with E-state index in [1.807, 2.05) is 30.3 Å². The molecule has 1 aliphatic heterocycles. The van der Waals surface area contributed by atoms with E-state index in [1.54, 1.807) is 11.3 Å². The number of aromatic nitrogens is 1. The van der Waals surface area contributed by atoms with E-state index < -0.39 is 0 Å². The fourth-order valence-electron chi connectivity index (χ4n) is 2.46. The van der Waals surface area contributed by atoms with E-state index >= 15 is 0 Å². The second-order valence-corrected chi connectivity index (χ2v) is 6.10. The Kier molecular flexibility index (Phi) is 4.72. The number of hydrogen-bond acceptors (Lipinski definition) is 5. The molecule has 0 unspecified atom stereocenters. The predicted octanol–water partition coefficient (Wildman–Crippen LogP) is 2.65. The van der Waals surface area contributed by atoms with Crippen molar-refractivity contribution < 1.29 is 4.74 Å².